The number of thioether (sulfide) groups is 1. The van der Waals surface area contributed by atoms with E-state index in [1.165, 1.54) is 24.3 Å². The van der Waals surface area contributed by atoms with Crippen molar-refractivity contribution < 1.29 is 23.9 Å². The molecule has 2 aliphatic rings. The molecular formula is C29H25FN6O4S2. The molecule has 13 heteroatoms. The predicted octanol–water partition coefficient (Wildman–Crippen LogP) is 5.05. The van der Waals surface area contributed by atoms with Gasteiger partial charge in [-0.3, -0.25) is 14.5 Å². The highest BCUT2D eigenvalue weighted by Gasteiger charge is 2.45. The monoisotopic (exact) mass is 604 g/mol. The number of anilines is 2. The van der Waals surface area contributed by atoms with Gasteiger partial charge in [0, 0.05) is 17.7 Å². The molecule has 214 valence electrons. The second-order valence-corrected chi connectivity index (χ2v) is 12.7. The van der Waals surface area contributed by atoms with Gasteiger partial charge in [-0.2, -0.15) is 5.26 Å². The van der Waals surface area contributed by atoms with Crippen molar-refractivity contribution in [3.8, 4) is 6.07 Å². The van der Waals surface area contributed by atoms with Crippen LogP contribution in [0.3, 0.4) is 0 Å². The molecule has 4 N–H and O–H groups in total. The Morgan fingerprint density at radius 2 is 1.93 bits per heavy atom. The molecule has 42 heavy (non-hydrogen) atoms. The Hall–Kier alpha value is -4.54. The van der Waals surface area contributed by atoms with Crippen molar-refractivity contribution in [3.63, 3.8) is 0 Å². The molecule has 2 heterocycles. The largest absolute Gasteiger partial charge is 0.478 e. The Labute approximate surface area is 248 Å². The normalized spacial score (nSPS) is 18.0. The van der Waals surface area contributed by atoms with Gasteiger partial charge in [0.2, 0.25) is 11.0 Å². The number of nitrogens with one attached hydrogen (secondary N) is 1. The molecule has 0 fully saturated rings. The number of carbonyl (C=O) groups excluding carboxylic acids is 2. The average molecular weight is 605 g/mol. The number of nitriles is 1. The second-order valence-electron chi connectivity index (χ2n) is 10.6. The lowest BCUT2D eigenvalue weighted by atomic mass is 9.69. The third-order valence-corrected chi connectivity index (χ3v) is 8.97. The summed E-state index contributed by atoms with van der Waals surface area (Å²) in [5.74, 6) is -2.86. The fourth-order valence-corrected chi connectivity index (χ4v) is 6.84. The quantitative estimate of drug-likeness (QED) is 0.311. The van der Waals surface area contributed by atoms with Crippen LogP contribution in [0.25, 0.3) is 0 Å². The number of para-hydroxylation sites is 1. The number of allylic oxidation sites excluding steroid dienone is 3. The molecule has 1 aliphatic carbocycles. The summed E-state index contributed by atoms with van der Waals surface area (Å²) in [7, 11) is 0. The number of Topliss-reactive ketones (excluding diaryl/α,β-unsaturated/α-hetero) is 1. The van der Waals surface area contributed by atoms with E-state index in [9.17, 15) is 29.1 Å². The zero-order valence-corrected chi connectivity index (χ0v) is 24.2. The predicted molar refractivity (Wildman–Crippen MR) is 156 cm³/mol. The van der Waals surface area contributed by atoms with Crippen molar-refractivity contribution in [2.45, 2.75) is 36.9 Å². The first-order valence-electron chi connectivity index (χ1n) is 12.8. The maximum Gasteiger partial charge on any atom is 0.337 e. The number of benzene rings is 2. The van der Waals surface area contributed by atoms with Crippen molar-refractivity contribution in [2.24, 2.45) is 11.1 Å². The van der Waals surface area contributed by atoms with Crippen LogP contribution in [-0.4, -0.2) is 38.7 Å². The number of carbonyl (C=O) groups is 3. The summed E-state index contributed by atoms with van der Waals surface area (Å²) in [5, 5.41) is 30.9. The third kappa shape index (κ3) is 5.63. The lowest BCUT2D eigenvalue weighted by molar-refractivity contribution is -0.118. The van der Waals surface area contributed by atoms with Gasteiger partial charge in [-0.25, -0.2) is 9.18 Å². The molecule has 0 radical (unpaired) electrons. The first-order valence-corrected chi connectivity index (χ1v) is 14.6. The zero-order chi connectivity index (χ0) is 30.2. The van der Waals surface area contributed by atoms with Gasteiger partial charge in [0.15, 0.2) is 10.1 Å². The van der Waals surface area contributed by atoms with E-state index in [4.69, 9.17) is 5.73 Å². The first-order chi connectivity index (χ1) is 20.0. The van der Waals surface area contributed by atoms with Gasteiger partial charge in [-0.1, -0.05) is 61.2 Å². The number of aromatic carboxylic acids is 1. The van der Waals surface area contributed by atoms with Crippen molar-refractivity contribution >= 4 is 51.6 Å². The fraction of sp³-hybridized carbons (Fsp3) is 0.241. The minimum Gasteiger partial charge on any atom is -0.478 e. The van der Waals surface area contributed by atoms with E-state index in [0.717, 1.165) is 23.1 Å². The number of rotatable bonds is 7. The number of carboxylic acids is 1. The number of nitrogens with two attached hydrogens (primary N) is 1. The van der Waals surface area contributed by atoms with Crippen molar-refractivity contribution in [1.29, 1.82) is 5.26 Å². The Morgan fingerprint density at radius 3 is 2.62 bits per heavy atom. The van der Waals surface area contributed by atoms with Gasteiger partial charge in [0.05, 0.1) is 34.6 Å². The number of amides is 1. The molecule has 1 unspecified atom stereocenters. The lowest BCUT2D eigenvalue weighted by Gasteiger charge is -2.42. The van der Waals surface area contributed by atoms with E-state index in [0.29, 0.717) is 32.7 Å². The van der Waals surface area contributed by atoms with E-state index in [2.05, 4.69) is 21.6 Å². The van der Waals surface area contributed by atoms with Gasteiger partial charge in [-0.15, -0.1) is 10.2 Å². The molecule has 0 bridgehead atoms. The van der Waals surface area contributed by atoms with Gasteiger partial charge in [-0.05, 0) is 41.7 Å². The second kappa shape index (κ2) is 11.4. The van der Waals surface area contributed by atoms with E-state index < -0.39 is 29.0 Å². The number of hydrogen-bond donors (Lipinski definition) is 3. The molecule has 1 aliphatic heterocycles. The molecule has 2 aromatic carbocycles. The number of hydrogen-bond acceptors (Lipinski definition) is 10. The van der Waals surface area contributed by atoms with Crippen LogP contribution in [0.1, 0.15) is 48.5 Å². The molecule has 3 aromatic rings. The van der Waals surface area contributed by atoms with Gasteiger partial charge >= 0.3 is 5.97 Å². The van der Waals surface area contributed by atoms with E-state index in [1.54, 1.807) is 29.2 Å². The summed E-state index contributed by atoms with van der Waals surface area (Å²) in [6.07, 6.45) is 0.742. The molecule has 0 spiro atoms. The molecular weight excluding hydrogens is 579 g/mol. The minimum atomic E-state index is -1.16. The van der Waals surface area contributed by atoms with Crippen molar-refractivity contribution in [1.82, 2.24) is 10.2 Å². The van der Waals surface area contributed by atoms with Crippen LogP contribution in [0.15, 0.2) is 75.5 Å². The molecule has 1 atom stereocenters. The maximum atomic E-state index is 13.7. The Kier molecular flexibility index (Phi) is 7.85. The summed E-state index contributed by atoms with van der Waals surface area (Å²) in [6.45, 7) is 3.95. The van der Waals surface area contributed by atoms with Crippen LogP contribution < -0.4 is 16.0 Å². The molecule has 1 amide bonds. The highest BCUT2D eigenvalue weighted by atomic mass is 32.2. The summed E-state index contributed by atoms with van der Waals surface area (Å²) < 4.78 is 14.2. The summed E-state index contributed by atoms with van der Waals surface area (Å²) in [5.41, 5.74) is 8.14. The minimum absolute atomic E-state index is 0.0253. The molecule has 10 nitrogen and oxygen atoms in total. The number of ketones is 1. The summed E-state index contributed by atoms with van der Waals surface area (Å²) in [6, 6.07) is 13.9. The average Bonchev–Trinajstić information content (AvgIpc) is 3.40. The molecule has 0 saturated carbocycles. The van der Waals surface area contributed by atoms with Crippen molar-refractivity contribution in [2.75, 3.05) is 16.0 Å². The number of aromatic nitrogens is 2. The standard InChI is InChI=1S/C29H25FN6O4S2/c1-29(2)11-20-24(21(37)12-29)23(15-7-9-16(30)10-8-15)18(13-31)25(32)36(20)27-34-35-28(42-27)41-14-22(38)33-19-6-4-3-5-17(19)26(39)40/h3-10,23H,11-12,14,32H2,1-2H3,(H,33,38)(H,39,40). The number of carboxylic acid groups (broad SMARTS) is 1. The highest BCUT2D eigenvalue weighted by molar-refractivity contribution is 8.01. The smallest absolute Gasteiger partial charge is 0.337 e. The Morgan fingerprint density at radius 1 is 1.21 bits per heavy atom. The summed E-state index contributed by atoms with van der Waals surface area (Å²) >= 11 is 2.24. The van der Waals surface area contributed by atoms with Crippen LogP contribution in [0.5, 0.6) is 0 Å². The van der Waals surface area contributed by atoms with Gasteiger partial charge < -0.3 is 16.2 Å². The highest BCUT2D eigenvalue weighted by Crippen LogP contribution is 2.50. The SMILES string of the molecule is CC1(C)CC(=O)C2=C(C1)N(c1nnc(SCC(=O)Nc3ccccc3C(=O)O)s1)C(N)=C(C#N)C2c1ccc(F)cc1. The maximum absolute atomic E-state index is 13.7. The Balaban J connectivity index is 1.45. The molecule has 0 saturated heterocycles. The molecule has 1 aromatic heterocycles. The zero-order valence-electron chi connectivity index (χ0n) is 22.6. The Bertz CT molecular complexity index is 1710. The van der Waals surface area contributed by atoms with Crippen LogP contribution in [0, 0.1) is 22.6 Å². The lowest BCUT2D eigenvalue weighted by Crippen LogP contribution is -2.42. The van der Waals surface area contributed by atoms with E-state index in [1.807, 2.05) is 13.8 Å². The van der Waals surface area contributed by atoms with E-state index in [-0.39, 0.29) is 40.6 Å². The van der Waals surface area contributed by atoms with Crippen molar-refractivity contribution in [3.05, 3.63) is 88.1 Å². The van der Waals surface area contributed by atoms with Gasteiger partial charge in [0.25, 0.3) is 0 Å². The van der Waals surface area contributed by atoms with Crippen LogP contribution in [0.4, 0.5) is 15.2 Å². The van der Waals surface area contributed by atoms with Crippen LogP contribution >= 0.6 is 23.1 Å². The first kappa shape index (κ1) is 29.0. The number of halogens is 1. The van der Waals surface area contributed by atoms with Gasteiger partial charge in [0.1, 0.15) is 11.6 Å². The third-order valence-electron chi connectivity index (χ3n) is 6.93. The molecule has 5 rings (SSSR count). The van der Waals surface area contributed by atoms with Crippen LogP contribution in [0.2, 0.25) is 0 Å². The number of nitrogens with zero attached hydrogens (tertiary/aromatic N) is 4. The van der Waals surface area contributed by atoms with Crippen LogP contribution in [-0.2, 0) is 9.59 Å². The van der Waals surface area contributed by atoms with E-state index >= 15 is 0 Å². The fourth-order valence-electron chi connectivity index (χ4n) is 5.16. The summed E-state index contributed by atoms with van der Waals surface area (Å²) in [4.78, 5) is 39.2. The topological polar surface area (TPSA) is 162 Å².